The molecule has 6 nitrogen and oxygen atoms in total. The molecule has 1 aromatic carbocycles. The summed E-state index contributed by atoms with van der Waals surface area (Å²) < 4.78 is 29.1. The number of carbonyl (C=O) groups is 1. The van der Waals surface area contributed by atoms with Crippen LogP contribution in [-0.2, 0) is 16.4 Å². The van der Waals surface area contributed by atoms with Crippen molar-refractivity contribution in [2.45, 2.75) is 38.1 Å². The highest BCUT2D eigenvalue weighted by Gasteiger charge is 2.15. The Balaban J connectivity index is 2.12. The second kappa shape index (κ2) is 8.80. The second-order valence-corrected chi connectivity index (χ2v) is 8.12. The molecule has 0 atom stereocenters. The number of sulfone groups is 1. The van der Waals surface area contributed by atoms with E-state index in [0.29, 0.717) is 23.6 Å². The summed E-state index contributed by atoms with van der Waals surface area (Å²) >= 11 is 0. The second-order valence-electron chi connectivity index (χ2n) is 6.10. The first-order valence-corrected chi connectivity index (χ1v) is 10.4. The van der Waals surface area contributed by atoms with Gasteiger partial charge in [0.2, 0.25) is 5.88 Å². The molecule has 2 aromatic rings. The Bertz CT molecular complexity index is 879. The van der Waals surface area contributed by atoms with Crippen LogP contribution in [0.2, 0.25) is 0 Å². The van der Waals surface area contributed by atoms with Crippen LogP contribution in [0.3, 0.4) is 0 Å². The number of nitrogens with zero attached hydrogens (tertiary/aromatic N) is 1. The zero-order valence-corrected chi connectivity index (χ0v) is 16.1. The molecule has 0 saturated carbocycles. The number of unbranched alkanes of at least 4 members (excludes halogenated alkanes) is 1. The van der Waals surface area contributed by atoms with Crippen LogP contribution in [0.4, 0.5) is 0 Å². The SMILES string of the molecule is CCCCOc1ncccc1CNC(=O)c1cc(S(C)(=O)=O)ccc1C. The lowest BCUT2D eigenvalue weighted by atomic mass is 10.1. The van der Waals surface area contributed by atoms with Crippen molar-refractivity contribution in [1.82, 2.24) is 10.3 Å². The molecular formula is C19H24N2O4S. The number of aryl methyl sites for hydroxylation is 1. The van der Waals surface area contributed by atoms with Gasteiger partial charge >= 0.3 is 0 Å². The number of pyridine rings is 1. The van der Waals surface area contributed by atoms with Crippen LogP contribution < -0.4 is 10.1 Å². The van der Waals surface area contributed by atoms with Crippen molar-refractivity contribution >= 4 is 15.7 Å². The van der Waals surface area contributed by atoms with E-state index in [1.165, 1.54) is 12.1 Å². The molecule has 0 bridgehead atoms. The van der Waals surface area contributed by atoms with Crippen molar-refractivity contribution in [1.29, 1.82) is 0 Å². The Labute approximate surface area is 154 Å². The highest BCUT2D eigenvalue weighted by atomic mass is 32.2. The summed E-state index contributed by atoms with van der Waals surface area (Å²) in [4.78, 5) is 16.9. The number of rotatable bonds is 8. The number of benzene rings is 1. The predicted molar refractivity (Wildman–Crippen MR) is 100 cm³/mol. The van der Waals surface area contributed by atoms with Gasteiger partial charge < -0.3 is 10.1 Å². The smallest absolute Gasteiger partial charge is 0.251 e. The molecule has 0 radical (unpaired) electrons. The lowest BCUT2D eigenvalue weighted by molar-refractivity contribution is 0.0949. The van der Waals surface area contributed by atoms with E-state index < -0.39 is 9.84 Å². The van der Waals surface area contributed by atoms with Gasteiger partial charge in [0.25, 0.3) is 5.91 Å². The lowest BCUT2D eigenvalue weighted by Crippen LogP contribution is -2.24. The largest absolute Gasteiger partial charge is 0.477 e. The van der Waals surface area contributed by atoms with Crippen molar-refractivity contribution in [2.24, 2.45) is 0 Å². The molecule has 1 aromatic heterocycles. The minimum Gasteiger partial charge on any atom is -0.477 e. The number of hydrogen-bond acceptors (Lipinski definition) is 5. The Kier molecular flexibility index (Phi) is 6.74. The van der Waals surface area contributed by atoms with E-state index in [1.54, 1.807) is 25.3 Å². The molecule has 0 fully saturated rings. The average Bonchev–Trinajstić information content (AvgIpc) is 2.60. The van der Waals surface area contributed by atoms with E-state index >= 15 is 0 Å². The van der Waals surface area contributed by atoms with Gasteiger partial charge in [-0.3, -0.25) is 4.79 Å². The third kappa shape index (κ3) is 5.29. The summed E-state index contributed by atoms with van der Waals surface area (Å²) in [5.41, 5.74) is 1.82. The van der Waals surface area contributed by atoms with Crippen LogP contribution in [0.25, 0.3) is 0 Å². The van der Waals surface area contributed by atoms with Gasteiger partial charge in [-0.15, -0.1) is 0 Å². The van der Waals surface area contributed by atoms with Crippen LogP contribution in [0.5, 0.6) is 5.88 Å². The number of amides is 1. The first-order valence-electron chi connectivity index (χ1n) is 8.48. The molecule has 1 heterocycles. The van der Waals surface area contributed by atoms with Gasteiger partial charge in [0.05, 0.1) is 11.5 Å². The van der Waals surface area contributed by atoms with Crippen LogP contribution in [0.15, 0.2) is 41.4 Å². The van der Waals surface area contributed by atoms with Crippen molar-refractivity contribution in [3.05, 3.63) is 53.2 Å². The van der Waals surface area contributed by atoms with Crippen molar-refractivity contribution in [3.63, 3.8) is 0 Å². The van der Waals surface area contributed by atoms with Gasteiger partial charge in [-0.25, -0.2) is 13.4 Å². The molecule has 1 amide bonds. The number of hydrogen-bond donors (Lipinski definition) is 1. The third-order valence-corrected chi connectivity index (χ3v) is 5.02. The number of aromatic nitrogens is 1. The first kappa shape index (κ1) is 19.9. The Morgan fingerprint density at radius 1 is 1.27 bits per heavy atom. The van der Waals surface area contributed by atoms with Crippen molar-refractivity contribution in [3.8, 4) is 5.88 Å². The van der Waals surface area contributed by atoms with E-state index in [-0.39, 0.29) is 17.3 Å². The topological polar surface area (TPSA) is 85.4 Å². The number of nitrogens with one attached hydrogen (secondary N) is 1. The van der Waals surface area contributed by atoms with Gasteiger partial charge in [-0.2, -0.15) is 0 Å². The van der Waals surface area contributed by atoms with E-state index in [1.807, 2.05) is 6.07 Å². The fourth-order valence-corrected chi connectivity index (χ4v) is 3.00. The molecule has 0 aliphatic heterocycles. The van der Waals surface area contributed by atoms with Gasteiger partial charge in [-0.05, 0) is 37.1 Å². The summed E-state index contributed by atoms with van der Waals surface area (Å²) in [5.74, 6) is 0.166. The number of carbonyl (C=O) groups excluding carboxylic acids is 1. The van der Waals surface area contributed by atoms with Crippen molar-refractivity contribution in [2.75, 3.05) is 12.9 Å². The maximum Gasteiger partial charge on any atom is 0.251 e. The summed E-state index contributed by atoms with van der Waals surface area (Å²) in [6.07, 6.45) is 4.72. The Morgan fingerprint density at radius 3 is 2.73 bits per heavy atom. The van der Waals surface area contributed by atoms with Crippen molar-refractivity contribution < 1.29 is 17.9 Å². The fraction of sp³-hybridized carbons (Fsp3) is 0.368. The highest BCUT2D eigenvalue weighted by Crippen LogP contribution is 2.17. The minimum atomic E-state index is -3.37. The molecule has 0 saturated heterocycles. The maximum atomic E-state index is 12.5. The van der Waals surface area contributed by atoms with Crippen LogP contribution in [-0.4, -0.2) is 32.2 Å². The van der Waals surface area contributed by atoms with Crippen LogP contribution >= 0.6 is 0 Å². The standard InChI is InChI=1S/C19H24N2O4S/c1-4-5-11-25-19-15(7-6-10-20-19)13-21-18(22)17-12-16(26(3,23)24)9-8-14(17)2/h6-10,12H,4-5,11,13H2,1-3H3,(H,21,22). The molecule has 7 heteroatoms. The zero-order valence-electron chi connectivity index (χ0n) is 15.3. The molecule has 26 heavy (non-hydrogen) atoms. The minimum absolute atomic E-state index is 0.123. The monoisotopic (exact) mass is 376 g/mol. The quantitative estimate of drug-likeness (QED) is 0.716. The molecule has 2 rings (SSSR count). The number of ether oxygens (including phenoxy) is 1. The van der Waals surface area contributed by atoms with E-state index in [2.05, 4.69) is 17.2 Å². The lowest BCUT2D eigenvalue weighted by Gasteiger charge is -2.12. The molecule has 0 spiro atoms. The maximum absolute atomic E-state index is 12.5. The summed E-state index contributed by atoms with van der Waals surface area (Å²) in [5, 5.41) is 2.81. The molecule has 0 aliphatic carbocycles. The zero-order chi connectivity index (χ0) is 19.2. The normalized spacial score (nSPS) is 11.2. The van der Waals surface area contributed by atoms with E-state index in [4.69, 9.17) is 4.74 Å². The molecule has 0 unspecified atom stereocenters. The third-order valence-electron chi connectivity index (χ3n) is 3.91. The van der Waals surface area contributed by atoms with Gasteiger partial charge in [-0.1, -0.05) is 25.5 Å². The molecule has 140 valence electrons. The summed E-state index contributed by atoms with van der Waals surface area (Å²) in [7, 11) is -3.37. The predicted octanol–water partition coefficient (Wildman–Crippen LogP) is 2.90. The first-order chi connectivity index (χ1) is 12.3. The van der Waals surface area contributed by atoms with Gasteiger partial charge in [0.15, 0.2) is 9.84 Å². The van der Waals surface area contributed by atoms with Gasteiger partial charge in [0.1, 0.15) is 0 Å². The molecular weight excluding hydrogens is 352 g/mol. The summed E-state index contributed by atoms with van der Waals surface area (Å²) in [6, 6.07) is 8.16. The van der Waals surface area contributed by atoms with Gasteiger partial charge in [0, 0.05) is 30.1 Å². The average molecular weight is 376 g/mol. The highest BCUT2D eigenvalue weighted by molar-refractivity contribution is 7.90. The van der Waals surface area contributed by atoms with Crippen LogP contribution in [0.1, 0.15) is 41.3 Å². The fourth-order valence-electron chi connectivity index (χ4n) is 2.35. The molecule has 1 N–H and O–H groups in total. The van der Waals surface area contributed by atoms with Crippen LogP contribution in [0, 0.1) is 6.92 Å². The van der Waals surface area contributed by atoms with E-state index in [0.717, 1.165) is 24.7 Å². The Morgan fingerprint density at radius 2 is 2.04 bits per heavy atom. The molecule has 0 aliphatic rings. The Hall–Kier alpha value is -2.41. The van der Waals surface area contributed by atoms with E-state index in [9.17, 15) is 13.2 Å². The summed E-state index contributed by atoms with van der Waals surface area (Å²) in [6.45, 7) is 4.67.